The average Bonchev–Trinajstić information content (AvgIpc) is 2.57. The number of nitrogens with zero attached hydrogens (tertiary/aromatic N) is 2. The highest BCUT2D eigenvalue weighted by atomic mass is 16.4. The summed E-state index contributed by atoms with van der Waals surface area (Å²) < 4.78 is 5.28. The molecule has 5 nitrogen and oxygen atoms in total. The Balaban J connectivity index is 2.15. The molecular formula is C11H16N2O3. The summed E-state index contributed by atoms with van der Waals surface area (Å²) in [6.45, 7) is 4.53. The monoisotopic (exact) mass is 224 g/mol. The number of amides is 1. The number of aliphatic hydroxyl groups is 1. The Morgan fingerprint density at radius 3 is 2.88 bits per heavy atom. The molecule has 1 atom stereocenters. The maximum Gasteiger partial charge on any atom is 0.291 e. The van der Waals surface area contributed by atoms with E-state index in [1.807, 2.05) is 0 Å². The highest BCUT2D eigenvalue weighted by molar-refractivity contribution is 5.92. The summed E-state index contributed by atoms with van der Waals surface area (Å²) in [5, 5.41) is 9.51. The molecule has 1 aromatic rings. The van der Waals surface area contributed by atoms with Gasteiger partial charge in [0.1, 0.15) is 0 Å². The van der Waals surface area contributed by atoms with E-state index in [-0.39, 0.29) is 5.91 Å². The van der Waals surface area contributed by atoms with Gasteiger partial charge >= 0.3 is 0 Å². The van der Waals surface area contributed by atoms with Gasteiger partial charge in [0.05, 0.1) is 11.8 Å². The normalized spacial score (nSPS) is 21.2. The Morgan fingerprint density at radius 2 is 2.31 bits per heavy atom. The zero-order valence-electron chi connectivity index (χ0n) is 9.56. The first-order chi connectivity index (χ1) is 7.58. The van der Waals surface area contributed by atoms with E-state index in [1.165, 1.54) is 0 Å². The number of aromatic nitrogens is 1. The van der Waals surface area contributed by atoms with Crippen LogP contribution in [0.4, 0.5) is 0 Å². The summed E-state index contributed by atoms with van der Waals surface area (Å²) in [4.78, 5) is 17.8. The number of aryl methyl sites for hydroxylation is 2. The van der Waals surface area contributed by atoms with Crippen LogP contribution in [0.25, 0.3) is 0 Å². The second-order valence-corrected chi connectivity index (χ2v) is 4.19. The van der Waals surface area contributed by atoms with E-state index in [9.17, 15) is 9.90 Å². The lowest BCUT2D eigenvalue weighted by molar-refractivity contribution is 0.0446. The first-order valence-corrected chi connectivity index (χ1v) is 5.49. The van der Waals surface area contributed by atoms with E-state index in [1.54, 1.807) is 18.7 Å². The van der Waals surface area contributed by atoms with Crippen LogP contribution in [0.1, 0.15) is 35.0 Å². The van der Waals surface area contributed by atoms with E-state index in [0.717, 1.165) is 12.8 Å². The molecule has 0 bridgehead atoms. The number of hydrogen-bond donors (Lipinski definition) is 1. The standard InChI is InChI=1S/C11H16N2O3/c1-7-10(16-8(2)12-7)11(15)13-5-3-4-9(14)6-13/h9,14H,3-6H2,1-2H3/t9-/m0/s1. The predicted molar refractivity (Wildman–Crippen MR) is 57.1 cm³/mol. The van der Waals surface area contributed by atoms with Crippen LogP contribution in [0.5, 0.6) is 0 Å². The van der Waals surface area contributed by atoms with Crippen LogP contribution >= 0.6 is 0 Å². The van der Waals surface area contributed by atoms with Crippen LogP contribution in [0, 0.1) is 13.8 Å². The molecule has 0 spiro atoms. The summed E-state index contributed by atoms with van der Waals surface area (Å²) in [5.74, 6) is 0.627. The first kappa shape index (κ1) is 11.1. The molecule has 0 unspecified atom stereocenters. The van der Waals surface area contributed by atoms with Gasteiger partial charge in [0.15, 0.2) is 5.89 Å². The summed E-state index contributed by atoms with van der Waals surface area (Å²) in [5.41, 5.74) is 0.613. The largest absolute Gasteiger partial charge is 0.436 e. The van der Waals surface area contributed by atoms with E-state index in [4.69, 9.17) is 4.42 Å². The fourth-order valence-electron chi connectivity index (χ4n) is 2.01. The lowest BCUT2D eigenvalue weighted by Gasteiger charge is -2.29. The van der Waals surface area contributed by atoms with Crippen molar-refractivity contribution in [3.8, 4) is 0 Å². The summed E-state index contributed by atoms with van der Waals surface area (Å²) in [6, 6.07) is 0. The minimum atomic E-state index is -0.415. The molecule has 5 heteroatoms. The van der Waals surface area contributed by atoms with Crippen LogP contribution in [0.15, 0.2) is 4.42 Å². The second kappa shape index (κ2) is 4.25. The molecular weight excluding hydrogens is 208 g/mol. The molecule has 0 radical (unpaired) electrons. The van der Waals surface area contributed by atoms with Gasteiger partial charge in [-0.05, 0) is 19.8 Å². The minimum Gasteiger partial charge on any atom is -0.436 e. The fraction of sp³-hybridized carbons (Fsp3) is 0.636. The molecule has 0 saturated carbocycles. The molecule has 1 aliphatic rings. The van der Waals surface area contributed by atoms with Crippen molar-refractivity contribution in [3.63, 3.8) is 0 Å². The van der Waals surface area contributed by atoms with Crippen LogP contribution < -0.4 is 0 Å². The van der Waals surface area contributed by atoms with E-state index < -0.39 is 6.10 Å². The Bertz CT molecular complexity index is 400. The summed E-state index contributed by atoms with van der Waals surface area (Å²) >= 11 is 0. The summed E-state index contributed by atoms with van der Waals surface area (Å²) in [6.07, 6.45) is 1.18. The van der Waals surface area contributed by atoms with Crippen LogP contribution in [0.3, 0.4) is 0 Å². The number of β-amino-alcohol motifs (C(OH)–C–C–N with tert-alkyl or cyclic N) is 1. The van der Waals surface area contributed by atoms with Gasteiger partial charge in [-0.25, -0.2) is 4.98 Å². The number of carbonyl (C=O) groups is 1. The number of aliphatic hydroxyl groups excluding tert-OH is 1. The Hall–Kier alpha value is -1.36. The minimum absolute atomic E-state index is 0.170. The average molecular weight is 224 g/mol. The molecule has 1 aromatic heterocycles. The van der Waals surface area contributed by atoms with Gasteiger partial charge in [0.2, 0.25) is 5.76 Å². The van der Waals surface area contributed by atoms with Gasteiger partial charge in [-0.1, -0.05) is 0 Å². The van der Waals surface area contributed by atoms with E-state index >= 15 is 0 Å². The quantitative estimate of drug-likeness (QED) is 0.769. The van der Waals surface area contributed by atoms with Crippen molar-refractivity contribution in [1.82, 2.24) is 9.88 Å². The molecule has 2 heterocycles. The Labute approximate surface area is 94.1 Å². The van der Waals surface area contributed by atoms with Crippen molar-refractivity contribution in [2.75, 3.05) is 13.1 Å². The second-order valence-electron chi connectivity index (χ2n) is 4.19. The molecule has 1 saturated heterocycles. The maximum absolute atomic E-state index is 12.1. The Morgan fingerprint density at radius 1 is 1.56 bits per heavy atom. The number of likely N-dealkylation sites (tertiary alicyclic amines) is 1. The predicted octanol–water partition coefficient (Wildman–Crippen LogP) is 0.888. The molecule has 16 heavy (non-hydrogen) atoms. The third-order valence-electron chi connectivity index (χ3n) is 2.78. The highest BCUT2D eigenvalue weighted by Crippen LogP contribution is 2.16. The van der Waals surface area contributed by atoms with Gasteiger partial charge in [0, 0.05) is 20.0 Å². The third-order valence-corrected chi connectivity index (χ3v) is 2.78. The number of piperidine rings is 1. The number of hydrogen-bond acceptors (Lipinski definition) is 4. The summed E-state index contributed by atoms with van der Waals surface area (Å²) in [7, 11) is 0. The van der Waals surface area contributed by atoms with Crippen LogP contribution in [-0.2, 0) is 0 Å². The zero-order chi connectivity index (χ0) is 11.7. The maximum atomic E-state index is 12.1. The molecule has 1 N–H and O–H groups in total. The van der Waals surface area contributed by atoms with Crippen LogP contribution in [-0.4, -0.2) is 40.1 Å². The fourth-order valence-corrected chi connectivity index (χ4v) is 2.01. The van der Waals surface area contributed by atoms with Crippen molar-refractivity contribution in [3.05, 3.63) is 17.3 Å². The van der Waals surface area contributed by atoms with Crippen molar-refractivity contribution >= 4 is 5.91 Å². The van der Waals surface area contributed by atoms with Crippen molar-refractivity contribution < 1.29 is 14.3 Å². The van der Waals surface area contributed by atoms with Gasteiger partial charge < -0.3 is 14.4 Å². The molecule has 2 rings (SSSR count). The van der Waals surface area contributed by atoms with Crippen molar-refractivity contribution in [2.24, 2.45) is 0 Å². The molecule has 1 fully saturated rings. The van der Waals surface area contributed by atoms with Gasteiger partial charge in [-0.3, -0.25) is 4.79 Å². The van der Waals surface area contributed by atoms with Crippen molar-refractivity contribution in [2.45, 2.75) is 32.8 Å². The van der Waals surface area contributed by atoms with Crippen LogP contribution in [0.2, 0.25) is 0 Å². The molecule has 1 aliphatic heterocycles. The smallest absolute Gasteiger partial charge is 0.291 e. The van der Waals surface area contributed by atoms with Gasteiger partial charge in [-0.2, -0.15) is 0 Å². The molecule has 88 valence electrons. The number of oxazole rings is 1. The topological polar surface area (TPSA) is 66.6 Å². The molecule has 0 aromatic carbocycles. The lowest BCUT2D eigenvalue weighted by atomic mass is 10.1. The number of rotatable bonds is 1. The van der Waals surface area contributed by atoms with Gasteiger partial charge in [0.25, 0.3) is 5.91 Å². The molecule has 1 amide bonds. The van der Waals surface area contributed by atoms with E-state index in [2.05, 4.69) is 4.98 Å². The van der Waals surface area contributed by atoms with Gasteiger partial charge in [-0.15, -0.1) is 0 Å². The zero-order valence-corrected chi connectivity index (χ0v) is 9.56. The molecule has 0 aliphatic carbocycles. The lowest BCUT2D eigenvalue weighted by Crippen LogP contribution is -2.42. The number of carbonyl (C=O) groups excluding carboxylic acids is 1. The third kappa shape index (κ3) is 2.09. The first-order valence-electron chi connectivity index (χ1n) is 5.49. The van der Waals surface area contributed by atoms with E-state index in [0.29, 0.717) is 30.4 Å². The Kier molecular flexibility index (Phi) is 2.96. The van der Waals surface area contributed by atoms with Crippen molar-refractivity contribution in [1.29, 1.82) is 0 Å². The highest BCUT2D eigenvalue weighted by Gasteiger charge is 2.26. The SMILES string of the molecule is Cc1nc(C)c(C(=O)N2CCC[C@H](O)C2)o1.